The van der Waals surface area contributed by atoms with E-state index in [1.165, 1.54) is 19.3 Å². The van der Waals surface area contributed by atoms with E-state index in [0.717, 1.165) is 56.6 Å². The SMILES string of the molecule is c1ccc(-c2nccc(N3CCCCC3CN3CCOCC3)n2)cc1. The highest BCUT2D eigenvalue weighted by Crippen LogP contribution is 2.25. The first-order chi connectivity index (χ1) is 12.4. The molecule has 5 heteroatoms. The van der Waals surface area contributed by atoms with E-state index in [1.54, 1.807) is 0 Å². The van der Waals surface area contributed by atoms with Crippen LogP contribution in [0.5, 0.6) is 0 Å². The minimum Gasteiger partial charge on any atom is -0.379 e. The van der Waals surface area contributed by atoms with Crippen LogP contribution in [0.3, 0.4) is 0 Å². The maximum atomic E-state index is 5.49. The second kappa shape index (κ2) is 7.93. The van der Waals surface area contributed by atoms with Gasteiger partial charge in [-0.15, -0.1) is 0 Å². The molecule has 1 aromatic carbocycles. The van der Waals surface area contributed by atoms with Crippen LogP contribution in [0.15, 0.2) is 42.6 Å². The molecule has 1 unspecified atom stereocenters. The van der Waals surface area contributed by atoms with Crippen LogP contribution in [-0.2, 0) is 4.74 Å². The first-order valence-corrected chi connectivity index (χ1v) is 9.35. The third kappa shape index (κ3) is 3.99. The predicted octanol–water partition coefficient (Wildman–Crippen LogP) is 2.83. The molecular formula is C20H26N4O. The molecule has 4 rings (SSSR count). The van der Waals surface area contributed by atoms with Gasteiger partial charge in [-0.2, -0.15) is 0 Å². The Morgan fingerprint density at radius 1 is 1.00 bits per heavy atom. The molecule has 0 radical (unpaired) electrons. The molecule has 0 aliphatic carbocycles. The average Bonchev–Trinajstić information content (AvgIpc) is 2.70. The molecule has 2 aromatic rings. The maximum Gasteiger partial charge on any atom is 0.161 e. The predicted molar refractivity (Wildman–Crippen MR) is 99.7 cm³/mol. The number of hydrogen-bond acceptors (Lipinski definition) is 5. The molecular weight excluding hydrogens is 312 g/mol. The maximum absolute atomic E-state index is 5.49. The van der Waals surface area contributed by atoms with Crippen LogP contribution in [-0.4, -0.2) is 60.3 Å². The third-order valence-electron chi connectivity index (χ3n) is 5.17. The smallest absolute Gasteiger partial charge is 0.161 e. The van der Waals surface area contributed by atoms with Gasteiger partial charge in [0.15, 0.2) is 5.82 Å². The van der Waals surface area contributed by atoms with Crippen LogP contribution >= 0.6 is 0 Å². The van der Waals surface area contributed by atoms with Gasteiger partial charge in [0.1, 0.15) is 5.82 Å². The van der Waals surface area contributed by atoms with Gasteiger partial charge in [-0.05, 0) is 25.3 Å². The number of rotatable bonds is 4. The molecule has 132 valence electrons. The lowest BCUT2D eigenvalue weighted by atomic mass is 10.0. The summed E-state index contributed by atoms with van der Waals surface area (Å²) >= 11 is 0. The van der Waals surface area contributed by atoms with Crippen LogP contribution in [0, 0.1) is 0 Å². The monoisotopic (exact) mass is 338 g/mol. The van der Waals surface area contributed by atoms with Crippen LogP contribution in [0.2, 0.25) is 0 Å². The normalized spacial score (nSPS) is 22.1. The van der Waals surface area contributed by atoms with Crippen molar-refractivity contribution in [2.45, 2.75) is 25.3 Å². The first kappa shape index (κ1) is 16.5. The number of nitrogens with zero attached hydrogens (tertiary/aromatic N) is 4. The van der Waals surface area contributed by atoms with E-state index in [9.17, 15) is 0 Å². The molecule has 0 amide bonds. The van der Waals surface area contributed by atoms with Crippen LogP contribution in [0.1, 0.15) is 19.3 Å². The van der Waals surface area contributed by atoms with Crippen molar-refractivity contribution in [3.63, 3.8) is 0 Å². The number of piperidine rings is 1. The molecule has 0 N–H and O–H groups in total. The average molecular weight is 338 g/mol. The fourth-order valence-corrected chi connectivity index (χ4v) is 3.81. The van der Waals surface area contributed by atoms with E-state index in [-0.39, 0.29) is 0 Å². The molecule has 3 heterocycles. The minimum atomic E-state index is 0.533. The van der Waals surface area contributed by atoms with Crippen molar-refractivity contribution in [2.24, 2.45) is 0 Å². The molecule has 0 bridgehead atoms. The summed E-state index contributed by atoms with van der Waals surface area (Å²) in [4.78, 5) is 14.4. The summed E-state index contributed by atoms with van der Waals surface area (Å²) in [5.74, 6) is 1.88. The number of aromatic nitrogens is 2. The summed E-state index contributed by atoms with van der Waals surface area (Å²) in [6, 6.07) is 12.8. The quantitative estimate of drug-likeness (QED) is 0.857. The van der Waals surface area contributed by atoms with Gasteiger partial charge in [-0.3, -0.25) is 4.90 Å². The van der Waals surface area contributed by atoms with Crippen molar-refractivity contribution in [3.8, 4) is 11.4 Å². The highest BCUT2D eigenvalue weighted by molar-refractivity contribution is 5.57. The number of anilines is 1. The molecule has 0 spiro atoms. The molecule has 2 aliphatic rings. The third-order valence-corrected chi connectivity index (χ3v) is 5.17. The molecule has 1 atom stereocenters. The summed E-state index contributed by atoms with van der Waals surface area (Å²) in [6.45, 7) is 6.00. The Kier molecular flexibility index (Phi) is 5.23. The Hall–Kier alpha value is -1.98. The van der Waals surface area contributed by atoms with Gasteiger partial charge >= 0.3 is 0 Å². The van der Waals surface area contributed by atoms with Crippen molar-refractivity contribution >= 4 is 5.82 Å². The van der Waals surface area contributed by atoms with E-state index in [0.29, 0.717) is 6.04 Å². The molecule has 1 aromatic heterocycles. The van der Waals surface area contributed by atoms with Crippen LogP contribution < -0.4 is 4.90 Å². The van der Waals surface area contributed by atoms with Gasteiger partial charge in [0, 0.05) is 44.0 Å². The van der Waals surface area contributed by atoms with E-state index in [1.807, 2.05) is 24.4 Å². The summed E-state index contributed by atoms with van der Waals surface area (Å²) < 4.78 is 5.49. The largest absolute Gasteiger partial charge is 0.379 e. The second-order valence-electron chi connectivity index (χ2n) is 6.86. The zero-order chi connectivity index (χ0) is 16.9. The molecule has 25 heavy (non-hydrogen) atoms. The Labute approximate surface area is 149 Å². The molecule has 2 aliphatic heterocycles. The van der Waals surface area contributed by atoms with Crippen molar-refractivity contribution in [1.82, 2.24) is 14.9 Å². The molecule has 5 nitrogen and oxygen atoms in total. The number of morpholine rings is 1. The zero-order valence-electron chi connectivity index (χ0n) is 14.7. The van der Waals surface area contributed by atoms with Gasteiger partial charge in [-0.1, -0.05) is 30.3 Å². The summed E-state index contributed by atoms with van der Waals surface area (Å²) in [6.07, 6.45) is 5.68. The number of ether oxygens (including phenoxy) is 1. The lowest BCUT2D eigenvalue weighted by Crippen LogP contribution is -2.49. The summed E-state index contributed by atoms with van der Waals surface area (Å²) in [5.41, 5.74) is 1.08. The fraction of sp³-hybridized carbons (Fsp3) is 0.500. The van der Waals surface area contributed by atoms with E-state index in [4.69, 9.17) is 9.72 Å². The first-order valence-electron chi connectivity index (χ1n) is 9.35. The van der Waals surface area contributed by atoms with Crippen LogP contribution in [0.4, 0.5) is 5.82 Å². The Morgan fingerprint density at radius 3 is 2.68 bits per heavy atom. The minimum absolute atomic E-state index is 0.533. The topological polar surface area (TPSA) is 41.5 Å². The highest BCUT2D eigenvalue weighted by atomic mass is 16.5. The van der Waals surface area contributed by atoms with Crippen molar-refractivity contribution in [3.05, 3.63) is 42.6 Å². The van der Waals surface area contributed by atoms with E-state index >= 15 is 0 Å². The zero-order valence-corrected chi connectivity index (χ0v) is 14.7. The van der Waals surface area contributed by atoms with E-state index in [2.05, 4.69) is 33.0 Å². The van der Waals surface area contributed by atoms with Crippen LogP contribution in [0.25, 0.3) is 11.4 Å². The number of benzene rings is 1. The lowest BCUT2D eigenvalue weighted by molar-refractivity contribution is 0.0338. The van der Waals surface area contributed by atoms with Crippen molar-refractivity contribution in [1.29, 1.82) is 0 Å². The number of hydrogen-bond donors (Lipinski definition) is 0. The van der Waals surface area contributed by atoms with Gasteiger partial charge in [-0.25, -0.2) is 9.97 Å². The fourth-order valence-electron chi connectivity index (χ4n) is 3.81. The molecule has 2 saturated heterocycles. The van der Waals surface area contributed by atoms with Crippen molar-refractivity contribution < 1.29 is 4.74 Å². The molecule has 0 saturated carbocycles. The van der Waals surface area contributed by atoms with Gasteiger partial charge in [0.05, 0.1) is 13.2 Å². The van der Waals surface area contributed by atoms with Gasteiger partial charge < -0.3 is 9.64 Å². The lowest BCUT2D eigenvalue weighted by Gasteiger charge is -2.40. The van der Waals surface area contributed by atoms with E-state index < -0.39 is 0 Å². The summed E-state index contributed by atoms with van der Waals surface area (Å²) in [5, 5.41) is 0. The Balaban J connectivity index is 1.53. The highest BCUT2D eigenvalue weighted by Gasteiger charge is 2.26. The Morgan fingerprint density at radius 2 is 1.84 bits per heavy atom. The standard InChI is InChI=1S/C20H26N4O/c1-2-6-17(7-3-1)20-21-10-9-19(22-20)24-11-5-4-8-18(24)16-23-12-14-25-15-13-23/h1-3,6-7,9-10,18H,4-5,8,11-16H2. The van der Waals surface area contributed by atoms with Gasteiger partial charge in [0.25, 0.3) is 0 Å². The van der Waals surface area contributed by atoms with Gasteiger partial charge in [0.2, 0.25) is 0 Å². The van der Waals surface area contributed by atoms with Crippen molar-refractivity contribution in [2.75, 3.05) is 44.3 Å². The second-order valence-corrected chi connectivity index (χ2v) is 6.86. The summed E-state index contributed by atoms with van der Waals surface area (Å²) in [7, 11) is 0. The Bertz CT molecular complexity index is 672. The molecule has 2 fully saturated rings.